The van der Waals surface area contributed by atoms with Crippen molar-refractivity contribution in [1.82, 2.24) is 10.3 Å². The molecule has 6 heteroatoms. The molecule has 23 heavy (non-hydrogen) atoms. The number of rotatable bonds is 5. The van der Waals surface area contributed by atoms with Gasteiger partial charge in [-0.25, -0.2) is 4.79 Å². The zero-order chi connectivity index (χ0) is 16.4. The van der Waals surface area contributed by atoms with E-state index in [4.69, 9.17) is 0 Å². The number of aliphatic carboxylic acids is 1. The monoisotopic (exact) mass is 328 g/mol. The van der Waals surface area contributed by atoms with Crippen LogP contribution in [0.2, 0.25) is 0 Å². The molecule has 0 aliphatic heterocycles. The van der Waals surface area contributed by atoms with E-state index in [0.29, 0.717) is 4.88 Å². The molecule has 1 amide bonds. The van der Waals surface area contributed by atoms with Crippen LogP contribution >= 0.6 is 11.3 Å². The maximum Gasteiger partial charge on any atom is 0.326 e. The van der Waals surface area contributed by atoms with Crippen molar-refractivity contribution in [1.29, 1.82) is 0 Å². The molecule has 5 nitrogen and oxygen atoms in total. The third-order valence-corrected chi connectivity index (χ3v) is 4.67. The van der Waals surface area contributed by atoms with E-state index in [2.05, 4.69) is 10.3 Å². The fourth-order valence-corrected chi connectivity index (χ4v) is 3.28. The standard InChI is InChI=1S/C17H16N2O3S/c1-10-6-7-15(23-10)16(20)19-14(17(21)22)8-11-9-18-13-5-3-2-4-12(11)13/h2-7,9,14,18H,8H2,1H3,(H,19,20)(H,21,22)/t14-/m1/s1. The Hall–Kier alpha value is -2.60. The number of benzene rings is 1. The summed E-state index contributed by atoms with van der Waals surface area (Å²) in [5, 5.41) is 13.0. The number of carboxylic acid groups (broad SMARTS) is 1. The molecule has 3 N–H and O–H groups in total. The quantitative estimate of drug-likeness (QED) is 0.673. The second-order valence-corrected chi connectivity index (χ2v) is 6.63. The van der Waals surface area contributed by atoms with Crippen LogP contribution in [-0.4, -0.2) is 28.0 Å². The minimum Gasteiger partial charge on any atom is -0.480 e. The summed E-state index contributed by atoms with van der Waals surface area (Å²) < 4.78 is 0. The Labute approximate surface area is 137 Å². The molecular formula is C17H16N2O3S. The fourth-order valence-electron chi connectivity index (χ4n) is 2.51. The first-order valence-corrected chi connectivity index (χ1v) is 8.01. The van der Waals surface area contributed by atoms with E-state index in [0.717, 1.165) is 21.3 Å². The molecule has 1 atom stereocenters. The predicted molar refractivity (Wildman–Crippen MR) is 89.9 cm³/mol. The van der Waals surface area contributed by atoms with E-state index in [1.807, 2.05) is 37.3 Å². The second-order valence-electron chi connectivity index (χ2n) is 5.34. The van der Waals surface area contributed by atoms with Crippen molar-refractivity contribution in [2.45, 2.75) is 19.4 Å². The molecule has 0 unspecified atom stereocenters. The largest absolute Gasteiger partial charge is 0.480 e. The number of thiophene rings is 1. The average molecular weight is 328 g/mol. The molecule has 3 aromatic rings. The Morgan fingerprint density at radius 3 is 2.74 bits per heavy atom. The minimum atomic E-state index is -1.04. The third-order valence-electron chi connectivity index (χ3n) is 3.67. The van der Waals surface area contributed by atoms with E-state index in [1.54, 1.807) is 12.3 Å². The van der Waals surface area contributed by atoms with Crippen LogP contribution in [0, 0.1) is 6.92 Å². The van der Waals surface area contributed by atoms with Crippen molar-refractivity contribution in [2.24, 2.45) is 0 Å². The van der Waals surface area contributed by atoms with Gasteiger partial charge in [-0.2, -0.15) is 0 Å². The highest BCUT2D eigenvalue weighted by Crippen LogP contribution is 2.20. The first-order chi connectivity index (χ1) is 11.0. The summed E-state index contributed by atoms with van der Waals surface area (Å²) in [6.45, 7) is 1.90. The first-order valence-electron chi connectivity index (χ1n) is 7.19. The molecule has 2 heterocycles. The number of carbonyl (C=O) groups excluding carboxylic acids is 1. The summed E-state index contributed by atoms with van der Waals surface area (Å²) in [5.41, 5.74) is 1.82. The highest BCUT2D eigenvalue weighted by atomic mass is 32.1. The topological polar surface area (TPSA) is 82.2 Å². The number of hydrogen-bond acceptors (Lipinski definition) is 3. The number of amides is 1. The third kappa shape index (κ3) is 3.27. The van der Waals surface area contributed by atoms with Crippen molar-refractivity contribution in [3.05, 3.63) is 57.9 Å². The van der Waals surface area contributed by atoms with Gasteiger partial charge >= 0.3 is 5.97 Å². The summed E-state index contributed by atoms with van der Waals surface area (Å²) in [7, 11) is 0. The van der Waals surface area contributed by atoms with Gasteiger partial charge in [0.2, 0.25) is 0 Å². The number of aromatic nitrogens is 1. The lowest BCUT2D eigenvalue weighted by molar-refractivity contribution is -0.139. The molecule has 0 bridgehead atoms. The number of nitrogens with one attached hydrogen (secondary N) is 2. The Bertz CT molecular complexity index is 865. The van der Waals surface area contributed by atoms with Crippen LogP contribution in [-0.2, 0) is 11.2 Å². The Morgan fingerprint density at radius 2 is 2.04 bits per heavy atom. The molecule has 0 radical (unpaired) electrons. The van der Waals surface area contributed by atoms with Gasteiger partial charge in [-0.05, 0) is 30.7 Å². The molecular weight excluding hydrogens is 312 g/mol. The average Bonchev–Trinajstić information content (AvgIpc) is 3.13. The van der Waals surface area contributed by atoms with Crippen molar-refractivity contribution in [3.8, 4) is 0 Å². The number of fused-ring (bicyclic) bond motifs is 1. The number of H-pyrrole nitrogens is 1. The summed E-state index contributed by atoms with van der Waals surface area (Å²) in [6, 6.07) is 10.3. The normalized spacial score (nSPS) is 12.2. The molecule has 0 aliphatic carbocycles. The van der Waals surface area contributed by atoms with E-state index < -0.39 is 12.0 Å². The van der Waals surface area contributed by atoms with E-state index >= 15 is 0 Å². The highest BCUT2D eigenvalue weighted by Gasteiger charge is 2.23. The minimum absolute atomic E-state index is 0.232. The number of aryl methyl sites for hydroxylation is 1. The van der Waals surface area contributed by atoms with Gasteiger partial charge in [0.15, 0.2) is 0 Å². The van der Waals surface area contributed by atoms with E-state index in [1.165, 1.54) is 11.3 Å². The van der Waals surface area contributed by atoms with Crippen molar-refractivity contribution in [2.75, 3.05) is 0 Å². The van der Waals surface area contributed by atoms with E-state index in [9.17, 15) is 14.7 Å². The number of carboxylic acids is 1. The number of hydrogen-bond donors (Lipinski definition) is 3. The van der Waals surface area contributed by atoms with Crippen LogP contribution in [0.3, 0.4) is 0 Å². The zero-order valence-electron chi connectivity index (χ0n) is 12.5. The lowest BCUT2D eigenvalue weighted by atomic mass is 10.0. The van der Waals surface area contributed by atoms with Gasteiger partial charge in [-0.15, -0.1) is 11.3 Å². The van der Waals surface area contributed by atoms with Crippen LogP contribution in [0.5, 0.6) is 0 Å². The van der Waals surface area contributed by atoms with Gasteiger partial charge in [-0.1, -0.05) is 18.2 Å². The van der Waals surface area contributed by atoms with Crippen LogP contribution in [0.25, 0.3) is 10.9 Å². The van der Waals surface area contributed by atoms with Gasteiger partial charge < -0.3 is 15.4 Å². The molecule has 0 fully saturated rings. The molecule has 0 spiro atoms. The predicted octanol–water partition coefficient (Wildman–Crippen LogP) is 2.96. The smallest absolute Gasteiger partial charge is 0.326 e. The van der Waals surface area contributed by atoms with Crippen molar-refractivity contribution < 1.29 is 14.7 Å². The number of para-hydroxylation sites is 1. The molecule has 0 saturated heterocycles. The van der Waals surface area contributed by atoms with Crippen LogP contribution in [0.4, 0.5) is 0 Å². The lowest BCUT2D eigenvalue weighted by Gasteiger charge is -2.13. The lowest BCUT2D eigenvalue weighted by Crippen LogP contribution is -2.42. The molecule has 0 aliphatic rings. The van der Waals surface area contributed by atoms with Crippen molar-refractivity contribution in [3.63, 3.8) is 0 Å². The van der Waals surface area contributed by atoms with Crippen molar-refractivity contribution >= 4 is 34.1 Å². The number of carbonyl (C=O) groups is 2. The van der Waals surface area contributed by atoms with Crippen LogP contribution in [0.15, 0.2) is 42.6 Å². The Kier molecular flexibility index (Phi) is 4.16. The van der Waals surface area contributed by atoms with Gasteiger partial charge in [0.25, 0.3) is 5.91 Å². The SMILES string of the molecule is Cc1ccc(C(=O)N[C@H](Cc2c[nH]c3ccccc23)C(=O)O)s1. The summed E-state index contributed by atoms with van der Waals surface area (Å²) >= 11 is 1.35. The maximum absolute atomic E-state index is 12.2. The van der Waals surface area contributed by atoms with Gasteiger partial charge in [0.1, 0.15) is 6.04 Å². The zero-order valence-corrected chi connectivity index (χ0v) is 13.3. The van der Waals surface area contributed by atoms with Gasteiger partial charge in [0, 0.05) is 28.4 Å². The molecule has 118 valence electrons. The molecule has 2 aromatic heterocycles. The highest BCUT2D eigenvalue weighted by molar-refractivity contribution is 7.13. The van der Waals surface area contributed by atoms with Crippen LogP contribution in [0.1, 0.15) is 20.1 Å². The molecule has 1 aromatic carbocycles. The van der Waals surface area contributed by atoms with E-state index in [-0.39, 0.29) is 12.3 Å². The molecule has 3 rings (SSSR count). The molecule has 0 saturated carbocycles. The fraction of sp³-hybridized carbons (Fsp3) is 0.176. The van der Waals surface area contributed by atoms with Crippen LogP contribution < -0.4 is 5.32 Å². The second kappa shape index (κ2) is 6.26. The summed E-state index contributed by atoms with van der Waals surface area (Å²) in [4.78, 5) is 28.4. The first kappa shape index (κ1) is 15.3. The Balaban J connectivity index is 1.79. The Morgan fingerprint density at radius 1 is 1.26 bits per heavy atom. The number of aromatic amines is 1. The van der Waals surface area contributed by atoms with Gasteiger partial charge in [0.05, 0.1) is 4.88 Å². The summed E-state index contributed by atoms with van der Waals surface area (Å²) in [6.07, 6.45) is 2.03. The summed E-state index contributed by atoms with van der Waals surface area (Å²) in [5.74, 6) is -1.40. The van der Waals surface area contributed by atoms with Gasteiger partial charge in [-0.3, -0.25) is 4.79 Å². The maximum atomic E-state index is 12.2.